The number of aromatic nitrogens is 4. The molecule has 8 heteroatoms. The van der Waals surface area contributed by atoms with E-state index in [2.05, 4.69) is 26.8 Å². The zero-order chi connectivity index (χ0) is 18.8. The highest BCUT2D eigenvalue weighted by Gasteiger charge is 2.18. The predicted octanol–water partition coefficient (Wildman–Crippen LogP) is 3.08. The predicted molar refractivity (Wildman–Crippen MR) is 99.6 cm³/mol. The Morgan fingerprint density at radius 3 is 2.58 bits per heavy atom. The molecule has 0 atom stereocenters. The molecule has 0 saturated heterocycles. The van der Waals surface area contributed by atoms with Gasteiger partial charge in [-0.3, -0.25) is 9.36 Å². The maximum absolute atomic E-state index is 11.8. The molecular weight excluding hydrogens is 373 g/mol. The van der Waals surface area contributed by atoms with Gasteiger partial charge in [-0.05, 0) is 38.0 Å². The maximum Gasteiger partial charge on any atom is 0.285 e. The van der Waals surface area contributed by atoms with Crippen LogP contribution in [0.25, 0.3) is 5.69 Å². The molecular formula is C18H13Cl2N5O. The number of imidazole rings is 1. The summed E-state index contributed by atoms with van der Waals surface area (Å²) in [5, 5.41) is 0.737. The van der Waals surface area contributed by atoms with Gasteiger partial charge in [-0.15, -0.1) is 0 Å². The summed E-state index contributed by atoms with van der Waals surface area (Å²) in [7, 11) is 0. The minimum atomic E-state index is -0.667. The SMILES string of the molecule is Cc1c(C#Cc2nc(C(N)=O)n(-c3ccc(Cl)nc3)c2C)ccnc1Cl. The van der Waals surface area contributed by atoms with Crippen molar-refractivity contribution in [3.63, 3.8) is 0 Å². The molecule has 3 aromatic heterocycles. The van der Waals surface area contributed by atoms with E-state index < -0.39 is 5.91 Å². The summed E-state index contributed by atoms with van der Waals surface area (Å²) in [6, 6.07) is 5.11. The second kappa shape index (κ2) is 7.16. The molecule has 0 aliphatic rings. The fourth-order valence-electron chi connectivity index (χ4n) is 2.37. The highest BCUT2D eigenvalue weighted by Crippen LogP contribution is 2.19. The Kier molecular flexibility index (Phi) is 4.94. The van der Waals surface area contributed by atoms with E-state index in [9.17, 15) is 4.79 Å². The van der Waals surface area contributed by atoms with Crippen molar-refractivity contribution < 1.29 is 4.79 Å². The number of rotatable bonds is 2. The number of carbonyl (C=O) groups is 1. The zero-order valence-electron chi connectivity index (χ0n) is 13.9. The van der Waals surface area contributed by atoms with Crippen molar-refractivity contribution in [2.45, 2.75) is 13.8 Å². The van der Waals surface area contributed by atoms with Crippen LogP contribution in [-0.2, 0) is 0 Å². The standard InChI is InChI=1S/C18H13Cl2N5O/c1-10-12(7-8-22-16(10)20)3-5-14-11(2)25(18(24-14)17(21)26)13-4-6-15(19)23-9-13/h4,6-9H,1-2H3,(H2,21,26). The molecule has 0 fully saturated rings. The van der Waals surface area contributed by atoms with Crippen LogP contribution in [0, 0.1) is 25.7 Å². The largest absolute Gasteiger partial charge is 0.363 e. The highest BCUT2D eigenvalue weighted by molar-refractivity contribution is 6.30. The van der Waals surface area contributed by atoms with Crippen LogP contribution in [0.15, 0.2) is 30.6 Å². The Hall–Kier alpha value is -2.88. The van der Waals surface area contributed by atoms with Crippen molar-refractivity contribution in [2.75, 3.05) is 0 Å². The number of pyridine rings is 2. The summed E-state index contributed by atoms with van der Waals surface area (Å²) in [5.41, 5.74) is 8.68. The number of carbonyl (C=O) groups excluding carboxylic acids is 1. The molecule has 0 saturated carbocycles. The molecule has 0 radical (unpaired) electrons. The molecule has 6 nitrogen and oxygen atoms in total. The van der Waals surface area contributed by atoms with Crippen LogP contribution in [-0.4, -0.2) is 25.4 Å². The van der Waals surface area contributed by atoms with Crippen LogP contribution in [0.3, 0.4) is 0 Å². The zero-order valence-corrected chi connectivity index (χ0v) is 15.4. The van der Waals surface area contributed by atoms with Gasteiger partial charge >= 0.3 is 0 Å². The molecule has 0 unspecified atom stereocenters. The van der Waals surface area contributed by atoms with Crippen LogP contribution < -0.4 is 5.73 Å². The van der Waals surface area contributed by atoms with Gasteiger partial charge < -0.3 is 5.73 Å². The first kappa shape index (κ1) is 17.9. The van der Waals surface area contributed by atoms with Crippen LogP contribution in [0.4, 0.5) is 0 Å². The number of halogens is 2. The minimum Gasteiger partial charge on any atom is -0.363 e. The third kappa shape index (κ3) is 3.40. The number of hydrogen-bond donors (Lipinski definition) is 1. The molecule has 3 rings (SSSR count). The Bertz CT molecular complexity index is 1060. The van der Waals surface area contributed by atoms with Gasteiger partial charge in [0.05, 0.1) is 17.6 Å². The molecule has 0 aliphatic heterocycles. The number of primary amides is 1. The maximum atomic E-state index is 11.8. The van der Waals surface area contributed by atoms with Crippen molar-refractivity contribution in [3.05, 3.63) is 69.2 Å². The van der Waals surface area contributed by atoms with Crippen molar-refractivity contribution in [1.29, 1.82) is 0 Å². The first-order chi connectivity index (χ1) is 12.4. The van der Waals surface area contributed by atoms with Gasteiger partial charge in [0.1, 0.15) is 16.0 Å². The minimum absolute atomic E-state index is 0.0698. The van der Waals surface area contributed by atoms with Gasteiger partial charge in [0.25, 0.3) is 5.91 Å². The van der Waals surface area contributed by atoms with Crippen molar-refractivity contribution in [2.24, 2.45) is 5.73 Å². The molecule has 0 aliphatic carbocycles. The molecule has 3 aromatic rings. The molecule has 0 aromatic carbocycles. The second-order valence-corrected chi connectivity index (χ2v) is 6.18. The lowest BCUT2D eigenvalue weighted by molar-refractivity contribution is 0.0988. The van der Waals surface area contributed by atoms with E-state index in [0.717, 1.165) is 11.1 Å². The molecule has 130 valence electrons. The first-order valence-electron chi connectivity index (χ1n) is 7.52. The molecule has 3 heterocycles. The van der Waals surface area contributed by atoms with E-state index in [-0.39, 0.29) is 5.82 Å². The summed E-state index contributed by atoms with van der Waals surface area (Å²) in [6.07, 6.45) is 3.12. The average Bonchev–Trinajstić information content (AvgIpc) is 2.94. The number of nitrogens with zero attached hydrogens (tertiary/aromatic N) is 4. The Labute approximate surface area is 160 Å². The van der Waals surface area contributed by atoms with E-state index in [0.29, 0.717) is 27.4 Å². The third-order valence-corrected chi connectivity index (χ3v) is 4.36. The van der Waals surface area contributed by atoms with Crippen LogP contribution in [0.1, 0.15) is 33.1 Å². The molecule has 1 amide bonds. The van der Waals surface area contributed by atoms with E-state index in [1.54, 1.807) is 35.9 Å². The quantitative estimate of drug-likeness (QED) is 0.542. The van der Waals surface area contributed by atoms with Crippen LogP contribution in [0.2, 0.25) is 10.3 Å². The van der Waals surface area contributed by atoms with Gasteiger partial charge in [-0.1, -0.05) is 29.1 Å². The molecule has 2 N–H and O–H groups in total. The first-order valence-corrected chi connectivity index (χ1v) is 8.28. The summed E-state index contributed by atoms with van der Waals surface area (Å²) in [6.45, 7) is 3.63. The fourth-order valence-corrected chi connectivity index (χ4v) is 2.64. The van der Waals surface area contributed by atoms with Gasteiger partial charge in [0, 0.05) is 17.3 Å². The molecule has 0 bridgehead atoms. The normalized spacial score (nSPS) is 10.3. The van der Waals surface area contributed by atoms with Crippen molar-refractivity contribution >= 4 is 29.1 Å². The lowest BCUT2D eigenvalue weighted by atomic mass is 10.1. The van der Waals surface area contributed by atoms with E-state index >= 15 is 0 Å². The summed E-state index contributed by atoms with van der Waals surface area (Å²) >= 11 is 11.8. The number of hydrogen-bond acceptors (Lipinski definition) is 4. The molecule has 0 spiro atoms. The van der Waals surface area contributed by atoms with Crippen LogP contribution in [0.5, 0.6) is 0 Å². The summed E-state index contributed by atoms with van der Waals surface area (Å²) < 4.78 is 1.60. The van der Waals surface area contributed by atoms with Crippen molar-refractivity contribution in [3.8, 4) is 17.5 Å². The Morgan fingerprint density at radius 1 is 1.15 bits per heavy atom. The van der Waals surface area contributed by atoms with Gasteiger partial charge in [0.15, 0.2) is 0 Å². The van der Waals surface area contributed by atoms with E-state index in [1.165, 1.54) is 6.20 Å². The number of nitrogens with two attached hydrogens (primary N) is 1. The topological polar surface area (TPSA) is 86.7 Å². The highest BCUT2D eigenvalue weighted by atomic mass is 35.5. The summed E-state index contributed by atoms with van der Waals surface area (Å²) in [5.74, 6) is 5.39. The average molecular weight is 386 g/mol. The molecule has 26 heavy (non-hydrogen) atoms. The smallest absolute Gasteiger partial charge is 0.285 e. The van der Waals surface area contributed by atoms with Gasteiger partial charge in [-0.2, -0.15) is 0 Å². The van der Waals surface area contributed by atoms with Crippen molar-refractivity contribution in [1.82, 2.24) is 19.5 Å². The monoisotopic (exact) mass is 385 g/mol. The van der Waals surface area contributed by atoms with Crippen LogP contribution >= 0.6 is 23.2 Å². The third-order valence-electron chi connectivity index (χ3n) is 3.76. The van der Waals surface area contributed by atoms with Gasteiger partial charge in [-0.25, -0.2) is 15.0 Å². The Morgan fingerprint density at radius 2 is 1.92 bits per heavy atom. The second-order valence-electron chi connectivity index (χ2n) is 5.43. The van der Waals surface area contributed by atoms with Gasteiger partial charge in [0.2, 0.25) is 5.82 Å². The lowest BCUT2D eigenvalue weighted by Gasteiger charge is -2.07. The number of amides is 1. The van der Waals surface area contributed by atoms with E-state index in [4.69, 9.17) is 28.9 Å². The lowest BCUT2D eigenvalue weighted by Crippen LogP contribution is -2.18. The summed E-state index contributed by atoms with van der Waals surface area (Å²) in [4.78, 5) is 24.1. The fraction of sp³-hybridized carbons (Fsp3) is 0.111. The van der Waals surface area contributed by atoms with E-state index in [1.807, 2.05) is 6.92 Å². The Balaban J connectivity index is 2.12.